The lowest BCUT2D eigenvalue weighted by molar-refractivity contribution is 0.294. The van der Waals surface area contributed by atoms with Crippen LogP contribution >= 0.6 is 0 Å². The van der Waals surface area contributed by atoms with Gasteiger partial charge < -0.3 is 4.74 Å². The summed E-state index contributed by atoms with van der Waals surface area (Å²) in [6, 6.07) is 6.50. The standard InChI is InChI=1S/C14H20O/c1-10-5-8-13(15-11-6-7-11)12(9-10)14(2,3)4/h5,8-9,11H,6-7H2,1-4H3. The van der Waals surface area contributed by atoms with E-state index in [9.17, 15) is 0 Å². The molecule has 1 saturated carbocycles. The molecular formula is C14H20O. The van der Waals surface area contributed by atoms with E-state index in [1.54, 1.807) is 0 Å². The molecule has 0 bridgehead atoms. The van der Waals surface area contributed by atoms with E-state index in [2.05, 4.69) is 45.9 Å². The topological polar surface area (TPSA) is 9.23 Å². The predicted molar refractivity (Wildman–Crippen MR) is 63.5 cm³/mol. The summed E-state index contributed by atoms with van der Waals surface area (Å²) in [4.78, 5) is 0. The molecule has 1 fully saturated rings. The average molecular weight is 204 g/mol. The molecule has 0 N–H and O–H groups in total. The Kier molecular flexibility index (Phi) is 2.49. The Morgan fingerprint density at radius 2 is 1.87 bits per heavy atom. The molecule has 0 spiro atoms. The molecule has 0 amide bonds. The highest BCUT2D eigenvalue weighted by atomic mass is 16.5. The van der Waals surface area contributed by atoms with E-state index in [4.69, 9.17) is 4.74 Å². The van der Waals surface area contributed by atoms with Crippen LogP contribution in [0.1, 0.15) is 44.7 Å². The molecule has 0 atom stereocenters. The Balaban J connectivity index is 2.34. The van der Waals surface area contributed by atoms with Gasteiger partial charge in [-0.2, -0.15) is 0 Å². The van der Waals surface area contributed by atoms with Gasteiger partial charge in [0.1, 0.15) is 5.75 Å². The molecule has 0 aliphatic heterocycles. The number of aryl methyl sites for hydroxylation is 1. The van der Waals surface area contributed by atoms with E-state index in [0.29, 0.717) is 6.10 Å². The van der Waals surface area contributed by atoms with Gasteiger partial charge >= 0.3 is 0 Å². The predicted octanol–water partition coefficient (Wildman–Crippen LogP) is 3.83. The van der Waals surface area contributed by atoms with Crippen LogP contribution in [0.25, 0.3) is 0 Å². The average Bonchev–Trinajstić information content (AvgIpc) is 2.90. The van der Waals surface area contributed by atoms with Gasteiger partial charge in [0, 0.05) is 0 Å². The van der Waals surface area contributed by atoms with Crippen molar-refractivity contribution < 1.29 is 4.74 Å². The van der Waals surface area contributed by atoms with Crippen molar-refractivity contribution in [3.63, 3.8) is 0 Å². The van der Waals surface area contributed by atoms with Crippen molar-refractivity contribution in [1.82, 2.24) is 0 Å². The molecule has 1 aliphatic carbocycles. The highest BCUT2D eigenvalue weighted by molar-refractivity contribution is 5.41. The normalized spacial score (nSPS) is 16.5. The van der Waals surface area contributed by atoms with Gasteiger partial charge in [0.25, 0.3) is 0 Å². The van der Waals surface area contributed by atoms with Crippen molar-refractivity contribution in [3.8, 4) is 5.75 Å². The lowest BCUT2D eigenvalue weighted by Gasteiger charge is -2.23. The number of rotatable bonds is 2. The van der Waals surface area contributed by atoms with Gasteiger partial charge in [-0.1, -0.05) is 38.5 Å². The fourth-order valence-corrected chi connectivity index (χ4v) is 1.70. The van der Waals surface area contributed by atoms with Crippen molar-refractivity contribution >= 4 is 0 Å². The maximum absolute atomic E-state index is 5.94. The molecule has 0 saturated heterocycles. The van der Waals surface area contributed by atoms with Crippen molar-refractivity contribution in [2.45, 2.75) is 52.1 Å². The second kappa shape index (κ2) is 3.55. The monoisotopic (exact) mass is 204 g/mol. The zero-order valence-corrected chi connectivity index (χ0v) is 10.1. The van der Waals surface area contributed by atoms with Crippen molar-refractivity contribution in [1.29, 1.82) is 0 Å². The van der Waals surface area contributed by atoms with Gasteiger partial charge in [-0.3, -0.25) is 0 Å². The SMILES string of the molecule is Cc1ccc(OC2CC2)c(C(C)(C)C)c1. The van der Waals surface area contributed by atoms with Gasteiger partial charge in [-0.25, -0.2) is 0 Å². The Morgan fingerprint density at radius 3 is 2.40 bits per heavy atom. The molecule has 0 unspecified atom stereocenters. The van der Waals surface area contributed by atoms with Gasteiger partial charge in [-0.15, -0.1) is 0 Å². The molecule has 1 aromatic rings. The van der Waals surface area contributed by atoms with Crippen LogP contribution in [-0.4, -0.2) is 6.10 Å². The highest BCUT2D eigenvalue weighted by Gasteiger charge is 2.26. The van der Waals surface area contributed by atoms with Crippen LogP contribution in [0.2, 0.25) is 0 Å². The third kappa shape index (κ3) is 2.53. The molecule has 2 rings (SSSR count). The van der Waals surface area contributed by atoms with Crippen LogP contribution in [-0.2, 0) is 5.41 Å². The molecule has 0 aromatic heterocycles. The summed E-state index contributed by atoms with van der Waals surface area (Å²) >= 11 is 0. The van der Waals surface area contributed by atoms with Gasteiger partial charge in [0.15, 0.2) is 0 Å². The fraction of sp³-hybridized carbons (Fsp3) is 0.571. The van der Waals surface area contributed by atoms with Gasteiger partial charge in [0.2, 0.25) is 0 Å². The fourth-order valence-electron chi connectivity index (χ4n) is 1.70. The van der Waals surface area contributed by atoms with Crippen LogP contribution in [0.5, 0.6) is 5.75 Å². The minimum atomic E-state index is 0.163. The minimum Gasteiger partial charge on any atom is -0.490 e. The summed E-state index contributed by atoms with van der Waals surface area (Å²) in [6.45, 7) is 8.85. The van der Waals surface area contributed by atoms with Gasteiger partial charge in [0.05, 0.1) is 6.10 Å². The first-order valence-corrected chi connectivity index (χ1v) is 5.74. The van der Waals surface area contributed by atoms with Crippen LogP contribution in [0.3, 0.4) is 0 Å². The van der Waals surface area contributed by atoms with Crippen molar-refractivity contribution in [3.05, 3.63) is 29.3 Å². The molecule has 1 heteroatoms. The molecule has 1 aromatic carbocycles. The zero-order chi connectivity index (χ0) is 11.1. The summed E-state index contributed by atoms with van der Waals surface area (Å²) in [5.41, 5.74) is 2.80. The van der Waals surface area contributed by atoms with E-state index in [1.807, 2.05) is 0 Å². The zero-order valence-electron chi connectivity index (χ0n) is 10.1. The minimum absolute atomic E-state index is 0.163. The van der Waals surface area contributed by atoms with Gasteiger partial charge in [-0.05, 0) is 36.8 Å². The summed E-state index contributed by atoms with van der Waals surface area (Å²) in [7, 11) is 0. The smallest absolute Gasteiger partial charge is 0.123 e. The van der Waals surface area contributed by atoms with Crippen LogP contribution in [0.15, 0.2) is 18.2 Å². The summed E-state index contributed by atoms with van der Waals surface area (Å²) in [5, 5.41) is 0. The number of benzene rings is 1. The number of hydrogen-bond acceptors (Lipinski definition) is 1. The first-order valence-electron chi connectivity index (χ1n) is 5.74. The molecule has 82 valence electrons. The second-order valence-corrected chi connectivity index (χ2v) is 5.57. The third-order valence-corrected chi connectivity index (χ3v) is 2.76. The van der Waals surface area contributed by atoms with Crippen molar-refractivity contribution in [2.24, 2.45) is 0 Å². The molecule has 1 nitrogen and oxygen atoms in total. The lowest BCUT2D eigenvalue weighted by Crippen LogP contribution is -2.14. The summed E-state index contributed by atoms with van der Waals surface area (Å²) < 4.78 is 5.94. The van der Waals surface area contributed by atoms with Crippen LogP contribution in [0, 0.1) is 6.92 Å². The van der Waals surface area contributed by atoms with E-state index >= 15 is 0 Å². The van der Waals surface area contributed by atoms with E-state index in [0.717, 1.165) is 5.75 Å². The highest BCUT2D eigenvalue weighted by Crippen LogP contribution is 2.35. The van der Waals surface area contributed by atoms with E-state index in [-0.39, 0.29) is 5.41 Å². The molecule has 0 heterocycles. The summed E-state index contributed by atoms with van der Waals surface area (Å²) in [6.07, 6.45) is 2.92. The maximum atomic E-state index is 5.94. The quantitative estimate of drug-likeness (QED) is 0.711. The maximum Gasteiger partial charge on any atom is 0.123 e. The lowest BCUT2D eigenvalue weighted by atomic mass is 9.85. The first kappa shape index (κ1) is 10.5. The van der Waals surface area contributed by atoms with Crippen molar-refractivity contribution in [2.75, 3.05) is 0 Å². The molecule has 15 heavy (non-hydrogen) atoms. The van der Waals surface area contributed by atoms with Crippen LogP contribution in [0.4, 0.5) is 0 Å². The van der Waals surface area contributed by atoms with E-state index in [1.165, 1.54) is 24.0 Å². The Bertz CT molecular complexity index is 356. The van der Waals surface area contributed by atoms with Crippen LogP contribution < -0.4 is 4.74 Å². The number of hydrogen-bond donors (Lipinski definition) is 0. The third-order valence-electron chi connectivity index (χ3n) is 2.76. The first-order chi connectivity index (χ1) is 6.97. The Morgan fingerprint density at radius 1 is 1.20 bits per heavy atom. The Hall–Kier alpha value is -0.980. The summed E-state index contributed by atoms with van der Waals surface area (Å²) in [5.74, 6) is 1.08. The second-order valence-electron chi connectivity index (χ2n) is 5.57. The molecular weight excluding hydrogens is 184 g/mol. The molecule has 0 radical (unpaired) electrons. The Labute approximate surface area is 92.5 Å². The number of ether oxygens (including phenoxy) is 1. The van der Waals surface area contributed by atoms with E-state index < -0.39 is 0 Å². The molecule has 1 aliphatic rings. The largest absolute Gasteiger partial charge is 0.490 e.